The van der Waals surface area contributed by atoms with Crippen molar-refractivity contribution < 1.29 is 33.4 Å². The summed E-state index contributed by atoms with van der Waals surface area (Å²) in [6, 6.07) is 29.5. The molecule has 6 rings (SSSR count). The van der Waals surface area contributed by atoms with Crippen LogP contribution in [0.5, 0.6) is 11.5 Å². The molecule has 2 heterocycles. The molecule has 0 amide bonds. The number of rotatable bonds is 12. The zero-order valence-corrected chi connectivity index (χ0v) is 30.5. The fourth-order valence-electron chi connectivity index (χ4n) is 5.49. The molecule has 0 bridgehead atoms. The monoisotopic (exact) mass is 736 g/mol. The number of aromatic nitrogens is 4. The van der Waals surface area contributed by atoms with Gasteiger partial charge in [-0.15, -0.1) is 0 Å². The summed E-state index contributed by atoms with van der Waals surface area (Å²) in [6.07, 6.45) is 0. The van der Waals surface area contributed by atoms with Gasteiger partial charge in [-0.3, -0.25) is 20.4 Å². The lowest BCUT2D eigenvalue weighted by Gasteiger charge is -2.12. The van der Waals surface area contributed by atoms with Gasteiger partial charge in [0.25, 0.3) is 0 Å². The van der Waals surface area contributed by atoms with E-state index in [0.29, 0.717) is 22.9 Å². The maximum absolute atomic E-state index is 13.6. The zero-order chi connectivity index (χ0) is 39.2. The van der Waals surface area contributed by atoms with E-state index in [1.54, 1.807) is 86.6 Å². The Kier molecular flexibility index (Phi) is 11.0. The van der Waals surface area contributed by atoms with Crippen LogP contribution in [0.1, 0.15) is 77.8 Å². The van der Waals surface area contributed by atoms with Gasteiger partial charge in [0.1, 0.15) is 34.0 Å². The summed E-state index contributed by atoms with van der Waals surface area (Å²) in [5, 5.41) is 26.1. The molecule has 0 aliphatic rings. The van der Waals surface area contributed by atoms with E-state index in [2.05, 4.69) is 10.2 Å². The average molecular weight is 737 g/mol. The maximum Gasteiger partial charge on any atom is 0.342 e. The predicted molar refractivity (Wildman–Crippen MR) is 200 cm³/mol. The van der Waals surface area contributed by atoms with Crippen molar-refractivity contribution in [3.05, 3.63) is 165 Å². The molecule has 55 heavy (non-hydrogen) atoms. The molecule has 13 nitrogen and oxygen atoms in total. The normalized spacial score (nSPS) is 10.8. The van der Waals surface area contributed by atoms with Gasteiger partial charge in [0, 0.05) is 11.1 Å². The van der Waals surface area contributed by atoms with Crippen LogP contribution in [0, 0.1) is 24.7 Å². The summed E-state index contributed by atoms with van der Waals surface area (Å²) in [7, 11) is 0. The number of ketones is 2. The third-order valence-corrected chi connectivity index (χ3v) is 8.39. The Balaban J connectivity index is 1.22. The highest BCUT2D eigenvalue weighted by Crippen LogP contribution is 2.24. The number of esters is 2. The molecule has 13 heteroatoms. The van der Waals surface area contributed by atoms with E-state index in [1.807, 2.05) is 38.1 Å². The Morgan fingerprint density at radius 2 is 0.891 bits per heavy atom. The van der Waals surface area contributed by atoms with Gasteiger partial charge in [0.2, 0.25) is 11.6 Å². The third kappa shape index (κ3) is 8.20. The van der Waals surface area contributed by atoms with Crippen LogP contribution < -0.4 is 15.7 Å². The molecular weight excluding hydrogens is 700 g/mol. The maximum atomic E-state index is 13.6. The Bertz CT molecular complexity index is 2360. The van der Waals surface area contributed by atoms with Gasteiger partial charge in [-0.2, -0.15) is 10.2 Å². The largest absolute Gasteiger partial charge is 0.462 e. The lowest BCUT2D eigenvalue weighted by molar-refractivity contribution is 0.0512. The number of carbonyl (C=O) groups excluding carboxylic acids is 4. The quantitative estimate of drug-likeness (QED) is 0.109. The fraction of sp³-hybridized carbons (Fsp3) is 0.143. The first kappa shape index (κ1) is 37.5. The number of nitrogens with zero attached hydrogens (tertiary/aromatic N) is 4. The summed E-state index contributed by atoms with van der Waals surface area (Å²) < 4.78 is 18.7. The molecule has 4 aromatic carbocycles. The van der Waals surface area contributed by atoms with Crippen LogP contribution in [-0.2, 0) is 9.47 Å². The molecule has 0 aliphatic heterocycles. The minimum Gasteiger partial charge on any atom is -0.462 e. The van der Waals surface area contributed by atoms with E-state index < -0.39 is 23.5 Å². The van der Waals surface area contributed by atoms with Crippen molar-refractivity contribution in [1.82, 2.24) is 19.6 Å². The van der Waals surface area contributed by atoms with Gasteiger partial charge in [0.05, 0.1) is 24.6 Å². The highest BCUT2D eigenvalue weighted by Gasteiger charge is 2.22. The molecular formula is C42H36N6O7. The number of hydrogen-bond donors (Lipinski definition) is 2. The predicted octanol–water partition coefficient (Wildman–Crippen LogP) is 6.24. The van der Waals surface area contributed by atoms with Gasteiger partial charge in [-0.1, -0.05) is 35.4 Å². The highest BCUT2D eigenvalue weighted by molar-refractivity contribution is 6.09. The average Bonchev–Trinajstić information content (AvgIpc) is 3.19. The second-order valence-electron chi connectivity index (χ2n) is 12.3. The first-order valence-corrected chi connectivity index (χ1v) is 17.3. The molecule has 0 aliphatic carbocycles. The summed E-state index contributed by atoms with van der Waals surface area (Å²) in [5.41, 5.74) is 2.77. The number of aryl methyl sites for hydroxylation is 2. The Morgan fingerprint density at radius 3 is 1.22 bits per heavy atom. The summed E-state index contributed by atoms with van der Waals surface area (Å²) in [6.45, 7) is 7.34. The van der Waals surface area contributed by atoms with E-state index in [1.165, 1.54) is 21.5 Å². The van der Waals surface area contributed by atoms with E-state index in [9.17, 15) is 19.2 Å². The smallest absolute Gasteiger partial charge is 0.342 e. The lowest BCUT2D eigenvalue weighted by Crippen LogP contribution is -2.30. The molecule has 0 spiro atoms. The second-order valence-corrected chi connectivity index (χ2v) is 12.3. The molecule has 0 unspecified atom stereocenters. The molecule has 0 radical (unpaired) electrons. The second kappa shape index (κ2) is 16.2. The number of nitrogens with one attached hydrogen (secondary N) is 2. The van der Waals surface area contributed by atoms with Gasteiger partial charge in [-0.05, 0) is 113 Å². The highest BCUT2D eigenvalue weighted by atomic mass is 16.5. The number of benzene rings is 4. The van der Waals surface area contributed by atoms with Crippen LogP contribution in [0.15, 0.2) is 109 Å². The van der Waals surface area contributed by atoms with Crippen LogP contribution in [0.25, 0.3) is 11.4 Å². The van der Waals surface area contributed by atoms with E-state index in [4.69, 9.17) is 25.0 Å². The number of hydrogen-bond acceptors (Lipinski definition) is 11. The van der Waals surface area contributed by atoms with Crippen LogP contribution in [0.4, 0.5) is 0 Å². The molecule has 2 aromatic heterocycles. The van der Waals surface area contributed by atoms with E-state index >= 15 is 0 Å². The standard InChI is InChI=1S/C42H36N6O7/c1-5-53-41(51)33-23-35(45-47(39(33)43)29-15-7-25(3)8-16-29)37(49)27-11-19-31(20-12-27)55-32-21-13-28(14-22-32)38(50)36-24-34(42(52)54-6-2)40(44)48(46-36)30-17-9-26(4)10-18-30/h7-24,43-44H,5-6H2,1-4H3. The number of ether oxygens (including phenoxy) is 3. The first-order valence-electron chi connectivity index (χ1n) is 17.3. The van der Waals surface area contributed by atoms with Crippen molar-refractivity contribution in [3.63, 3.8) is 0 Å². The van der Waals surface area contributed by atoms with Crippen molar-refractivity contribution in [2.45, 2.75) is 27.7 Å². The van der Waals surface area contributed by atoms with Crippen molar-refractivity contribution in [2.24, 2.45) is 0 Å². The van der Waals surface area contributed by atoms with Crippen LogP contribution in [-0.4, -0.2) is 56.3 Å². The molecule has 0 fully saturated rings. The van der Waals surface area contributed by atoms with Crippen LogP contribution in [0.2, 0.25) is 0 Å². The van der Waals surface area contributed by atoms with Gasteiger partial charge in [0.15, 0.2) is 11.0 Å². The van der Waals surface area contributed by atoms with E-state index in [0.717, 1.165) is 11.1 Å². The van der Waals surface area contributed by atoms with Crippen molar-refractivity contribution in [2.75, 3.05) is 13.2 Å². The Morgan fingerprint density at radius 1 is 0.545 bits per heavy atom. The molecule has 2 N–H and O–H groups in total. The molecule has 276 valence electrons. The zero-order valence-electron chi connectivity index (χ0n) is 30.5. The summed E-state index contributed by atoms with van der Waals surface area (Å²) >= 11 is 0. The van der Waals surface area contributed by atoms with Crippen LogP contribution >= 0.6 is 0 Å². The fourth-order valence-corrected chi connectivity index (χ4v) is 5.49. The molecule has 0 saturated carbocycles. The lowest BCUT2D eigenvalue weighted by atomic mass is 10.1. The minimum absolute atomic E-state index is 0.0563. The summed E-state index contributed by atoms with van der Waals surface area (Å²) in [4.78, 5) is 52.8. The number of carbonyl (C=O) groups is 4. The SMILES string of the molecule is CCOC(=O)c1cc(C(=O)c2ccc(Oc3ccc(C(=O)c4cc(C(=O)OCC)c(=N)n(-c5ccc(C)cc5)n4)cc3)cc2)nn(-c2ccc(C)cc2)c1=N. The Hall–Kier alpha value is -7.28. The molecule has 0 atom stereocenters. The van der Waals surface area contributed by atoms with Crippen molar-refractivity contribution in [1.29, 1.82) is 10.8 Å². The first-order chi connectivity index (χ1) is 26.5. The third-order valence-electron chi connectivity index (χ3n) is 8.39. The summed E-state index contributed by atoms with van der Waals surface area (Å²) in [5.74, 6) is -1.65. The Labute approximate surface area is 315 Å². The van der Waals surface area contributed by atoms with Crippen LogP contribution in [0.3, 0.4) is 0 Å². The van der Waals surface area contributed by atoms with Gasteiger partial charge < -0.3 is 14.2 Å². The van der Waals surface area contributed by atoms with Gasteiger partial charge in [-0.25, -0.2) is 19.0 Å². The topological polar surface area (TPSA) is 179 Å². The molecule has 6 aromatic rings. The van der Waals surface area contributed by atoms with Crippen molar-refractivity contribution in [3.8, 4) is 22.9 Å². The van der Waals surface area contributed by atoms with E-state index in [-0.39, 0.29) is 57.8 Å². The molecule has 0 saturated heterocycles. The van der Waals surface area contributed by atoms with Crippen molar-refractivity contribution >= 4 is 23.5 Å². The minimum atomic E-state index is -0.740. The van der Waals surface area contributed by atoms with Gasteiger partial charge >= 0.3 is 11.9 Å².